The Morgan fingerprint density at radius 3 is 2.79 bits per heavy atom. The van der Waals surface area contributed by atoms with Crippen molar-refractivity contribution < 1.29 is 9.31 Å². The summed E-state index contributed by atoms with van der Waals surface area (Å²) < 4.78 is 13.3. The van der Waals surface area contributed by atoms with E-state index in [0.29, 0.717) is 5.56 Å². The van der Waals surface area contributed by atoms with E-state index in [-0.39, 0.29) is 11.6 Å². The van der Waals surface area contributed by atoms with Crippen molar-refractivity contribution in [3.8, 4) is 0 Å². The first-order valence-corrected chi connectivity index (χ1v) is 5.14. The summed E-state index contributed by atoms with van der Waals surface area (Å²) in [6.07, 6.45) is 0. The molecule has 0 aromatic heterocycles. The van der Waals surface area contributed by atoms with Crippen LogP contribution in [0.2, 0.25) is 0 Å². The second-order valence-corrected chi connectivity index (χ2v) is 4.18. The molecule has 0 N–H and O–H groups in total. The first-order valence-electron chi connectivity index (χ1n) is 4.06. The largest absolute Gasteiger partial charge is 0.269 e. The van der Waals surface area contributed by atoms with E-state index in [2.05, 4.69) is 0 Å². The van der Waals surface area contributed by atoms with Gasteiger partial charge in [0.05, 0.1) is 11.6 Å². The number of hydrogen-bond donors (Lipinski definition) is 0. The van der Waals surface area contributed by atoms with Gasteiger partial charge in [0.15, 0.2) is 0 Å². The first-order chi connectivity index (χ1) is 6.56. The number of nitrogens with zero attached hydrogens (tertiary/aromatic N) is 1. The van der Waals surface area contributed by atoms with Crippen molar-refractivity contribution in [1.82, 2.24) is 0 Å². The SMILES string of the molecule is CC(CF)c1cc([N+](=O)[O-])ccc1I. The van der Waals surface area contributed by atoms with Crippen molar-refractivity contribution >= 4 is 28.3 Å². The lowest BCUT2D eigenvalue weighted by Crippen LogP contribution is -2.00. The third-order valence-corrected chi connectivity index (χ3v) is 2.94. The molecule has 0 bridgehead atoms. The summed E-state index contributed by atoms with van der Waals surface area (Å²) >= 11 is 2.05. The maximum atomic E-state index is 12.4. The molecule has 0 saturated carbocycles. The Bertz CT molecular complexity index is 357. The molecule has 0 aliphatic rings. The molecule has 5 heteroatoms. The Hall–Kier alpha value is -0.720. The second-order valence-electron chi connectivity index (χ2n) is 3.02. The third kappa shape index (κ3) is 2.40. The summed E-state index contributed by atoms with van der Waals surface area (Å²) in [4.78, 5) is 10.0. The van der Waals surface area contributed by atoms with Crippen LogP contribution in [0.25, 0.3) is 0 Å². The zero-order valence-electron chi connectivity index (χ0n) is 7.54. The van der Waals surface area contributed by atoms with Gasteiger partial charge in [-0.2, -0.15) is 0 Å². The highest BCUT2D eigenvalue weighted by Crippen LogP contribution is 2.26. The van der Waals surface area contributed by atoms with E-state index in [9.17, 15) is 14.5 Å². The number of hydrogen-bond acceptors (Lipinski definition) is 2. The molecule has 0 aliphatic carbocycles. The van der Waals surface area contributed by atoms with Gasteiger partial charge in [0.1, 0.15) is 0 Å². The lowest BCUT2D eigenvalue weighted by atomic mass is 10.0. The minimum Gasteiger partial charge on any atom is -0.258 e. The van der Waals surface area contributed by atoms with Gasteiger partial charge in [-0.1, -0.05) is 6.92 Å². The van der Waals surface area contributed by atoms with Crippen LogP contribution in [0.15, 0.2) is 18.2 Å². The molecule has 76 valence electrons. The lowest BCUT2D eigenvalue weighted by Gasteiger charge is -2.08. The monoisotopic (exact) mass is 309 g/mol. The van der Waals surface area contributed by atoms with Crippen LogP contribution in [0, 0.1) is 13.7 Å². The molecule has 0 heterocycles. The molecule has 1 aromatic carbocycles. The van der Waals surface area contributed by atoms with E-state index in [1.807, 2.05) is 22.6 Å². The van der Waals surface area contributed by atoms with Crippen molar-refractivity contribution in [3.05, 3.63) is 37.4 Å². The predicted octanol–water partition coefficient (Wildman–Crippen LogP) is 3.27. The highest BCUT2D eigenvalue weighted by molar-refractivity contribution is 14.1. The fourth-order valence-corrected chi connectivity index (χ4v) is 1.97. The number of nitro groups is 1. The molecule has 1 rings (SSSR count). The summed E-state index contributed by atoms with van der Waals surface area (Å²) in [7, 11) is 0. The van der Waals surface area contributed by atoms with Crippen LogP contribution >= 0.6 is 22.6 Å². The highest BCUT2D eigenvalue weighted by atomic mass is 127. The van der Waals surface area contributed by atoms with Crippen LogP contribution in [0.3, 0.4) is 0 Å². The van der Waals surface area contributed by atoms with E-state index in [0.717, 1.165) is 3.57 Å². The normalized spacial score (nSPS) is 12.5. The fourth-order valence-electron chi connectivity index (χ4n) is 1.11. The van der Waals surface area contributed by atoms with E-state index >= 15 is 0 Å². The Kier molecular flexibility index (Phi) is 3.79. The maximum Gasteiger partial charge on any atom is 0.269 e. The summed E-state index contributed by atoms with van der Waals surface area (Å²) in [6, 6.07) is 4.50. The van der Waals surface area contributed by atoms with Gasteiger partial charge >= 0.3 is 0 Å². The van der Waals surface area contributed by atoms with Gasteiger partial charge in [0, 0.05) is 21.6 Å². The van der Waals surface area contributed by atoms with Crippen molar-refractivity contribution in [2.45, 2.75) is 12.8 Å². The zero-order chi connectivity index (χ0) is 10.7. The number of benzene rings is 1. The standard InChI is InChI=1S/C9H9FINO2/c1-6(5-10)8-4-7(12(13)14)2-3-9(8)11/h2-4,6H,5H2,1H3. The predicted molar refractivity (Wildman–Crippen MR) is 60.2 cm³/mol. The smallest absolute Gasteiger partial charge is 0.258 e. The maximum absolute atomic E-state index is 12.4. The Morgan fingerprint density at radius 2 is 2.29 bits per heavy atom. The quantitative estimate of drug-likeness (QED) is 0.488. The second kappa shape index (κ2) is 4.68. The van der Waals surface area contributed by atoms with Crippen molar-refractivity contribution in [3.63, 3.8) is 0 Å². The van der Waals surface area contributed by atoms with E-state index in [1.165, 1.54) is 12.1 Å². The Balaban J connectivity index is 3.14. The molecule has 0 saturated heterocycles. The van der Waals surface area contributed by atoms with Crippen LogP contribution < -0.4 is 0 Å². The van der Waals surface area contributed by atoms with Crippen LogP contribution in [0.5, 0.6) is 0 Å². The molecule has 1 atom stereocenters. The minimum absolute atomic E-state index is 0.0146. The molecule has 0 radical (unpaired) electrons. The number of rotatable bonds is 3. The van der Waals surface area contributed by atoms with Gasteiger partial charge < -0.3 is 0 Å². The first kappa shape index (κ1) is 11.4. The average Bonchev–Trinajstić information content (AvgIpc) is 2.17. The van der Waals surface area contributed by atoms with Crippen molar-refractivity contribution in [1.29, 1.82) is 0 Å². The van der Waals surface area contributed by atoms with Crippen LogP contribution in [0.4, 0.5) is 10.1 Å². The molecular formula is C9H9FINO2. The molecular weight excluding hydrogens is 300 g/mol. The van der Waals surface area contributed by atoms with Crippen LogP contribution in [-0.4, -0.2) is 11.6 Å². The summed E-state index contributed by atoms with van der Waals surface area (Å²) in [6.45, 7) is 1.21. The number of non-ortho nitro benzene ring substituents is 1. The van der Waals surface area contributed by atoms with Crippen molar-refractivity contribution in [2.24, 2.45) is 0 Å². The van der Waals surface area contributed by atoms with Gasteiger partial charge in [-0.25, -0.2) is 0 Å². The van der Waals surface area contributed by atoms with Crippen molar-refractivity contribution in [2.75, 3.05) is 6.67 Å². The number of alkyl halides is 1. The molecule has 1 aromatic rings. The Labute approximate surface area is 94.6 Å². The minimum atomic E-state index is -0.503. The summed E-state index contributed by atoms with van der Waals surface area (Å²) in [5, 5.41) is 10.5. The summed E-state index contributed by atoms with van der Waals surface area (Å²) in [5.74, 6) is -0.290. The van der Waals surface area contributed by atoms with Gasteiger partial charge in [-0.05, 0) is 34.2 Å². The molecule has 1 unspecified atom stereocenters. The lowest BCUT2D eigenvalue weighted by molar-refractivity contribution is -0.384. The van der Waals surface area contributed by atoms with Crippen LogP contribution in [-0.2, 0) is 0 Å². The fraction of sp³-hybridized carbons (Fsp3) is 0.333. The van der Waals surface area contributed by atoms with Crippen LogP contribution in [0.1, 0.15) is 18.4 Å². The van der Waals surface area contributed by atoms with E-state index in [4.69, 9.17) is 0 Å². The number of halogens is 2. The highest BCUT2D eigenvalue weighted by Gasteiger charge is 2.14. The van der Waals surface area contributed by atoms with E-state index < -0.39 is 11.6 Å². The number of nitro benzene ring substituents is 1. The zero-order valence-corrected chi connectivity index (χ0v) is 9.69. The molecule has 0 amide bonds. The molecule has 0 spiro atoms. The molecule has 3 nitrogen and oxygen atoms in total. The third-order valence-electron chi connectivity index (χ3n) is 1.95. The molecule has 0 aliphatic heterocycles. The molecule has 14 heavy (non-hydrogen) atoms. The Morgan fingerprint density at radius 1 is 1.64 bits per heavy atom. The van der Waals surface area contributed by atoms with Gasteiger partial charge in [-0.15, -0.1) is 0 Å². The molecule has 0 fully saturated rings. The summed E-state index contributed by atoms with van der Waals surface area (Å²) in [5.41, 5.74) is 0.711. The van der Waals surface area contributed by atoms with E-state index in [1.54, 1.807) is 13.0 Å². The topological polar surface area (TPSA) is 43.1 Å². The van der Waals surface area contributed by atoms with Gasteiger partial charge in [0.2, 0.25) is 0 Å². The average molecular weight is 309 g/mol. The van der Waals surface area contributed by atoms with Gasteiger partial charge in [-0.3, -0.25) is 14.5 Å². The van der Waals surface area contributed by atoms with Gasteiger partial charge in [0.25, 0.3) is 5.69 Å².